The Morgan fingerprint density at radius 3 is 1.65 bits per heavy atom. The highest BCUT2D eigenvalue weighted by molar-refractivity contribution is 5.85. The maximum Gasteiger partial charge on any atom is 0.240 e. The minimum absolute atomic E-state index is 0.00555. The van der Waals surface area contributed by atoms with Gasteiger partial charge in [0.05, 0.1) is 12.4 Å². The van der Waals surface area contributed by atoms with Crippen molar-refractivity contribution < 1.29 is 23.2 Å². The van der Waals surface area contributed by atoms with Crippen molar-refractivity contribution in [1.29, 1.82) is 0 Å². The summed E-state index contributed by atoms with van der Waals surface area (Å²) in [7, 11) is 0. The van der Waals surface area contributed by atoms with Gasteiger partial charge in [0.2, 0.25) is 17.7 Å². The Bertz CT molecular complexity index is 916. The van der Waals surface area contributed by atoms with Gasteiger partial charge in [-0.05, 0) is 35.4 Å². The predicted molar refractivity (Wildman–Crippen MR) is 112 cm³/mol. The third-order valence-electron chi connectivity index (χ3n) is 3.32. The molecule has 0 saturated heterocycles. The van der Waals surface area contributed by atoms with E-state index in [9.17, 15) is 23.2 Å². The summed E-state index contributed by atoms with van der Waals surface area (Å²) in [5.74, 6) is 3.15. The molecule has 2 aromatic carbocycles. The van der Waals surface area contributed by atoms with Crippen LogP contribution in [0.1, 0.15) is 30.9 Å². The lowest BCUT2D eigenvalue weighted by Crippen LogP contribution is -2.31. The SMILES string of the molecule is CC(=O)N/N=C/c1ccc(F)cc1.NNC(=O)CCC(=O)N/N=C/c1ccc(F)cc1. The highest BCUT2D eigenvalue weighted by Crippen LogP contribution is 2.00. The Kier molecular flexibility index (Phi) is 11.4. The van der Waals surface area contributed by atoms with Crippen LogP contribution >= 0.6 is 0 Å². The number of hydrazine groups is 1. The number of rotatable bonds is 7. The summed E-state index contributed by atoms with van der Waals surface area (Å²) in [6.07, 6.45) is 2.80. The van der Waals surface area contributed by atoms with E-state index in [1.807, 2.05) is 5.43 Å². The Morgan fingerprint density at radius 1 is 0.806 bits per heavy atom. The van der Waals surface area contributed by atoms with Gasteiger partial charge in [0.1, 0.15) is 11.6 Å². The van der Waals surface area contributed by atoms with Gasteiger partial charge in [-0.1, -0.05) is 24.3 Å². The first-order chi connectivity index (χ1) is 14.8. The molecule has 0 aliphatic heterocycles. The molecule has 0 spiro atoms. The highest BCUT2D eigenvalue weighted by atomic mass is 19.1. The average molecular weight is 432 g/mol. The van der Waals surface area contributed by atoms with Gasteiger partial charge in [-0.15, -0.1) is 0 Å². The van der Waals surface area contributed by atoms with Gasteiger partial charge < -0.3 is 0 Å². The number of hydrogen-bond donors (Lipinski definition) is 4. The van der Waals surface area contributed by atoms with Crippen LogP contribution in [0.5, 0.6) is 0 Å². The standard InChI is InChI=1S/C11H13FN4O2.C9H9FN2O/c12-9-3-1-8(2-4-9)7-14-16-11(18)6-5-10(17)15-13;1-7(13)12-11-6-8-2-4-9(10)5-3-8/h1-4,7H,5-6,13H2,(H,15,17)(H,16,18);2-6H,1H3,(H,12,13)/b14-7+;11-6+. The van der Waals surface area contributed by atoms with Crippen LogP contribution in [-0.4, -0.2) is 30.2 Å². The molecule has 31 heavy (non-hydrogen) atoms. The molecule has 2 aromatic rings. The first-order valence-electron chi connectivity index (χ1n) is 8.92. The molecule has 0 aliphatic carbocycles. The molecule has 11 heteroatoms. The van der Waals surface area contributed by atoms with Crippen LogP contribution in [0.4, 0.5) is 8.78 Å². The summed E-state index contributed by atoms with van der Waals surface area (Å²) in [5, 5.41) is 7.29. The number of nitrogens with one attached hydrogen (secondary N) is 3. The number of carbonyl (C=O) groups is 3. The summed E-state index contributed by atoms with van der Waals surface area (Å²) in [4.78, 5) is 32.4. The zero-order valence-electron chi connectivity index (χ0n) is 16.6. The lowest BCUT2D eigenvalue weighted by molar-refractivity contribution is -0.126. The Hall–Kier alpha value is -3.99. The Balaban J connectivity index is 0.000000327. The van der Waals surface area contributed by atoms with Crippen molar-refractivity contribution in [2.45, 2.75) is 19.8 Å². The van der Waals surface area contributed by atoms with Crippen LogP contribution in [0.3, 0.4) is 0 Å². The largest absolute Gasteiger partial charge is 0.294 e. The van der Waals surface area contributed by atoms with E-state index in [1.54, 1.807) is 12.1 Å². The van der Waals surface area contributed by atoms with Crippen molar-refractivity contribution in [2.24, 2.45) is 16.0 Å². The number of nitrogens with two attached hydrogens (primary N) is 1. The van der Waals surface area contributed by atoms with Crippen LogP contribution in [-0.2, 0) is 14.4 Å². The molecule has 0 heterocycles. The molecule has 0 saturated carbocycles. The normalized spacial score (nSPS) is 10.3. The van der Waals surface area contributed by atoms with Crippen molar-refractivity contribution >= 4 is 30.2 Å². The van der Waals surface area contributed by atoms with Crippen LogP contribution < -0.4 is 22.1 Å². The summed E-state index contributed by atoms with van der Waals surface area (Å²) >= 11 is 0. The molecule has 0 aromatic heterocycles. The predicted octanol–water partition coefficient (Wildman–Crippen LogP) is 1.34. The summed E-state index contributed by atoms with van der Waals surface area (Å²) < 4.78 is 25.0. The summed E-state index contributed by atoms with van der Waals surface area (Å²) in [5.41, 5.74) is 7.78. The van der Waals surface area contributed by atoms with E-state index in [0.29, 0.717) is 5.56 Å². The van der Waals surface area contributed by atoms with Gasteiger partial charge in [-0.25, -0.2) is 25.5 Å². The van der Waals surface area contributed by atoms with Gasteiger partial charge in [0.25, 0.3) is 0 Å². The van der Waals surface area contributed by atoms with Crippen molar-refractivity contribution in [3.05, 3.63) is 71.3 Å². The quantitative estimate of drug-likeness (QED) is 0.227. The van der Waals surface area contributed by atoms with E-state index in [2.05, 4.69) is 21.1 Å². The maximum absolute atomic E-state index is 12.6. The van der Waals surface area contributed by atoms with Crippen molar-refractivity contribution in [2.75, 3.05) is 0 Å². The van der Waals surface area contributed by atoms with Crippen molar-refractivity contribution in [3.8, 4) is 0 Å². The van der Waals surface area contributed by atoms with E-state index in [0.717, 1.165) is 5.56 Å². The first kappa shape index (κ1) is 25.0. The third-order valence-corrected chi connectivity index (χ3v) is 3.32. The van der Waals surface area contributed by atoms with Gasteiger partial charge in [0, 0.05) is 19.8 Å². The number of halogens is 2. The zero-order valence-corrected chi connectivity index (χ0v) is 16.6. The van der Waals surface area contributed by atoms with E-state index in [1.165, 1.54) is 55.8 Å². The number of hydrogen-bond acceptors (Lipinski definition) is 6. The summed E-state index contributed by atoms with van der Waals surface area (Å²) in [6.45, 7) is 1.36. The number of nitrogens with zero attached hydrogens (tertiary/aromatic N) is 2. The number of benzene rings is 2. The minimum atomic E-state index is -0.423. The van der Waals surface area contributed by atoms with Gasteiger partial charge in [0.15, 0.2) is 0 Å². The van der Waals surface area contributed by atoms with E-state index < -0.39 is 11.8 Å². The van der Waals surface area contributed by atoms with Crippen molar-refractivity contribution in [1.82, 2.24) is 16.3 Å². The smallest absolute Gasteiger partial charge is 0.240 e. The van der Waals surface area contributed by atoms with Crippen LogP contribution in [0.25, 0.3) is 0 Å². The van der Waals surface area contributed by atoms with E-state index in [4.69, 9.17) is 5.84 Å². The third kappa shape index (κ3) is 12.2. The maximum atomic E-state index is 12.6. The fraction of sp³-hybridized carbons (Fsp3) is 0.150. The molecule has 164 valence electrons. The highest BCUT2D eigenvalue weighted by Gasteiger charge is 2.03. The molecule has 2 rings (SSSR count). The number of carbonyl (C=O) groups excluding carboxylic acids is 3. The second-order valence-electron chi connectivity index (χ2n) is 5.89. The first-order valence-corrected chi connectivity index (χ1v) is 8.92. The van der Waals surface area contributed by atoms with Gasteiger partial charge in [-0.2, -0.15) is 10.2 Å². The Labute approximate surface area is 177 Å². The van der Waals surface area contributed by atoms with Crippen molar-refractivity contribution in [3.63, 3.8) is 0 Å². The number of amides is 3. The fourth-order valence-electron chi connectivity index (χ4n) is 1.83. The second kappa shape index (κ2) is 14.1. The second-order valence-corrected chi connectivity index (χ2v) is 5.89. The lowest BCUT2D eigenvalue weighted by atomic mass is 10.2. The molecule has 0 radical (unpaired) electrons. The van der Waals surface area contributed by atoms with Crippen LogP contribution in [0.2, 0.25) is 0 Å². The molecule has 0 fully saturated rings. The zero-order chi connectivity index (χ0) is 23.1. The minimum Gasteiger partial charge on any atom is -0.294 e. The molecule has 0 bridgehead atoms. The molecular weight excluding hydrogens is 410 g/mol. The van der Waals surface area contributed by atoms with Crippen LogP contribution in [0.15, 0.2) is 58.7 Å². The molecule has 9 nitrogen and oxygen atoms in total. The molecular formula is C20H22F2N6O3. The van der Waals surface area contributed by atoms with E-state index >= 15 is 0 Å². The monoisotopic (exact) mass is 432 g/mol. The Morgan fingerprint density at radius 2 is 1.23 bits per heavy atom. The molecule has 5 N–H and O–H groups in total. The topological polar surface area (TPSA) is 138 Å². The molecule has 0 aliphatic rings. The number of hydrazone groups is 2. The van der Waals surface area contributed by atoms with Gasteiger partial charge >= 0.3 is 0 Å². The van der Waals surface area contributed by atoms with E-state index in [-0.39, 0.29) is 30.4 Å². The summed E-state index contributed by atoms with van der Waals surface area (Å²) in [6, 6.07) is 11.4. The van der Waals surface area contributed by atoms with Crippen LogP contribution in [0, 0.1) is 11.6 Å². The molecule has 0 unspecified atom stereocenters. The molecule has 0 atom stereocenters. The molecule has 3 amide bonds. The lowest BCUT2D eigenvalue weighted by Gasteiger charge is -1.99. The fourth-order valence-corrected chi connectivity index (χ4v) is 1.83. The van der Waals surface area contributed by atoms with Gasteiger partial charge in [-0.3, -0.25) is 19.8 Å². The average Bonchev–Trinajstić information content (AvgIpc) is 2.75.